The molecule has 0 amide bonds. The number of ketones is 1. The number of nitriles is 1. The third kappa shape index (κ3) is 3.01. The summed E-state index contributed by atoms with van der Waals surface area (Å²) in [4.78, 5) is 12.5. The minimum Gasteiger partial charge on any atom is -0.292 e. The number of hydrogen-bond donors (Lipinski definition) is 0. The average Bonchev–Trinajstić information content (AvgIpc) is 2.42. The second-order valence-corrected chi connectivity index (χ2v) is 5.31. The van der Waals surface area contributed by atoms with Gasteiger partial charge in [0.05, 0.1) is 6.07 Å². The van der Waals surface area contributed by atoms with Gasteiger partial charge < -0.3 is 0 Å². The van der Waals surface area contributed by atoms with Crippen molar-refractivity contribution >= 4 is 29.0 Å². The molecule has 0 saturated heterocycles. The van der Waals surface area contributed by atoms with Crippen molar-refractivity contribution in [3.05, 3.63) is 69.2 Å². The summed E-state index contributed by atoms with van der Waals surface area (Å²) in [5.41, 5.74) is 1.84. The molecule has 0 fully saturated rings. The van der Waals surface area contributed by atoms with Gasteiger partial charge in [-0.15, -0.1) is 0 Å². The lowest BCUT2D eigenvalue weighted by Gasteiger charge is -2.11. The van der Waals surface area contributed by atoms with Crippen LogP contribution in [-0.4, -0.2) is 5.78 Å². The highest BCUT2D eigenvalue weighted by molar-refractivity contribution is 6.31. The van der Waals surface area contributed by atoms with Crippen molar-refractivity contribution in [3.63, 3.8) is 0 Å². The van der Waals surface area contributed by atoms with Crippen LogP contribution < -0.4 is 0 Å². The Morgan fingerprint density at radius 2 is 1.85 bits per heavy atom. The van der Waals surface area contributed by atoms with Gasteiger partial charge in [-0.2, -0.15) is 5.26 Å². The molecule has 2 rings (SSSR count). The van der Waals surface area contributed by atoms with E-state index in [-0.39, 0.29) is 5.78 Å². The fourth-order valence-corrected chi connectivity index (χ4v) is 2.36. The van der Waals surface area contributed by atoms with Crippen LogP contribution in [-0.2, 0) is 0 Å². The summed E-state index contributed by atoms with van der Waals surface area (Å²) in [5.74, 6) is -1.15. The van der Waals surface area contributed by atoms with Crippen molar-refractivity contribution in [2.75, 3.05) is 0 Å². The van der Waals surface area contributed by atoms with Crippen molar-refractivity contribution in [1.29, 1.82) is 5.26 Å². The normalized spacial score (nSPS) is 11.7. The van der Waals surface area contributed by atoms with Crippen LogP contribution in [0.25, 0.3) is 0 Å². The van der Waals surface area contributed by atoms with Crippen molar-refractivity contribution < 1.29 is 4.79 Å². The Hall–Kier alpha value is -1.82. The summed E-state index contributed by atoms with van der Waals surface area (Å²) in [6.07, 6.45) is 0. The molecule has 2 aromatic rings. The zero-order chi connectivity index (χ0) is 14.7. The van der Waals surface area contributed by atoms with Gasteiger partial charge in [0.1, 0.15) is 5.92 Å². The summed E-state index contributed by atoms with van der Waals surface area (Å²) < 4.78 is 0. The van der Waals surface area contributed by atoms with Crippen LogP contribution >= 0.6 is 23.2 Å². The lowest BCUT2D eigenvalue weighted by Crippen LogP contribution is -2.12. The fourth-order valence-electron chi connectivity index (χ4n) is 1.99. The lowest BCUT2D eigenvalue weighted by molar-refractivity contribution is 0.0978. The van der Waals surface area contributed by atoms with Crippen molar-refractivity contribution in [2.45, 2.75) is 12.8 Å². The average molecular weight is 304 g/mol. The number of carbonyl (C=O) groups excluding carboxylic acids is 1. The molecule has 0 radical (unpaired) electrons. The van der Waals surface area contributed by atoms with E-state index >= 15 is 0 Å². The Morgan fingerprint density at radius 1 is 1.15 bits per heavy atom. The largest absolute Gasteiger partial charge is 0.292 e. The highest BCUT2D eigenvalue weighted by Gasteiger charge is 2.23. The van der Waals surface area contributed by atoms with Crippen molar-refractivity contribution in [2.24, 2.45) is 0 Å². The minimum atomic E-state index is -0.883. The van der Waals surface area contributed by atoms with Gasteiger partial charge in [0.2, 0.25) is 0 Å². The van der Waals surface area contributed by atoms with Crippen molar-refractivity contribution in [3.8, 4) is 6.07 Å². The van der Waals surface area contributed by atoms with Gasteiger partial charge in [-0.05, 0) is 42.3 Å². The fraction of sp³-hybridized carbons (Fsp3) is 0.125. The van der Waals surface area contributed by atoms with Gasteiger partial charge in [-0.1, -0.05) is 41.4 Å². The first-order valence-electron chi connectivity index (χ1n) is 5.98. The molecule has 100 valence electrons. The summed E-state index contributed by atoms with van der Waals surface area (Å²) >= 11 is 11.8. The number of aryl methyl sites for hydroxylation is 1. The Bertz CT molecular complexity index is 704. The van der Waals surface area contributed by atoms with Crippen LogP contribution in [0.5, 0.6) is 0 Å². The molecule has 2 nitrogen and oxygen atoms in total. The van der Waals surface area contributed by atoms with Gasteiger partial charge in [0, 0.05) is 15.6 Å². The topological polar surface area (TPSA) is 40.9 Å². The van der Waals surface area contributed by atoms with Crippen molar-refractivity contribution in [1.82, 2.24) is 0 Å². The van der Waals surface area contributed by atoms with Crippen LogP contribution in [0.3, 0.4) is 0 Å². The monoisotopic (exact) mass is 303 g/mol. The van der Waals surface area contributed by atoms with E-state index in [1.165, 1.54) is 0 Å². The standard InChI is InChI=1S/C16H11Cl2NO/c1-10-5-6-13(18)8-14(10)16(20)15(9-19)11-3-2-4-12(17)7-11/h2-8,15H,1H3. The first-order chi connectivity index (χ1) is 9.52. The Morgan fingerprint density at radius 3 is 2.50 bits per heavy atom. The van der Waals surface area contributed by atoms with Gasteiger partial charge in [0.25, 0.3) is 0 Å². The summed E-state index contributed by atoms with van der Waals surface area (Å²) in [7, 11) is 0. The highest BCUT2D eigenvalue weighted by atomic mass is 35.5. The van der Waals surface area contributed by atoms with Crippen LogP contribution in [0.15, 0.2) is 42.5 Å². The lowest BCUT2D eigenvalue weighted by atomic mass is 9.90. The van der Waals surface area contributed by atoms with E-state index in [1.807, 2.05) is 13.0 Å². The second-order valence-electron chi connectivity index (χ2n) is 4.44. The molecule has 2 aromatic carbocycles. The number of halogens is 2. The number of nitrogens with zero attached hydrogens (tertiary/aromatic N) is 1. The number of rotatable bonds is 3. The molecule has 1 unspecified atom stereocenters. The molecule has 20 heavy (non-hydrogen) atoms. The van der Waals surface area contributed by atoms with Crippen LogP contribution in [0.2, 0.25) is 10.0 Å². The number of benzene rings is 2. The van der Waals surface area contributed by atoms with Gasteiger partial charge in [-0.3, -0.25) is 4.79 Å². The maximum atomic E-state index is 12.5. The molecular weight excluding hydrogens is 293 g/mol. The molecule has 0 aliphatic rings. The summed E-state index contributed by atoms with van der Waals surface area (Å²) in [6, 6.07) is 13.9. The Kier molecular flexibility index (Phi) is 4.44. The van der Waals surface area contributed by atoms with Crippen LogP contribution in [0, 0.1) is 18.3 Å². The van der Waals surface area contributed by atoms with Crippen LogP contribution in [0.1, 0.15) is 27.4 Å². The molecule has 4 heteroatoms. The number of carbonyl (C=O) groups is 1. The predicted molar refractivity (Wildman–Crippen MR) is 80.3 cm³/mol. The number of Topliss-reactive ketones (excluding diaryl/α,β-unsaturated/α-hetero) is 1. The van der Waals surface area contributed by atoms with E-state index in [2.05, 4.69) is 0 Å². The smallest absolute Gasteiger partial charge is 0.184 e. The third-order valence-corrected chi connectivity index (χ3v) is 3.51. The number of hydrogen-bond acceptors (Lipinski definition) is 2. The maximum absolute atomic E-state index is 12.5. The molecular formula is C16H11Cl2NO. The first kappa shape index (κ1) is 14.6. The van der Waals surface area contributed by atoms with E-state index < -0.39 is 5.92 Å². The third-order valence-electron chi connectivity index (χ3n) is 3.04. The van der Waals surface area contributed by atoms with Gasteiger partial charge in [0.15, 0.2) is 5.78 Å². The molecule has 0 aliphatic heterocycles. The molecule has 0 heterocycles. The van der Waals surface area contributed by atoms with E-state index in [1.54, 1.807) is 42.5 Å². The summed E-state index contributed by atoms with van der Waals surface area (Å²) in [5, 5.41) is 10.3. The Balaban J connectivity index is 2.45. The minimum absolute atomic E-state index is 0.269. The van der Waals surface area contributed by atoms with E-state index in [0.29, 0.717) is 21.2 Å². The predicted octanol–water partition coefficient (Wildman–Crippen LogP) is 4.79. The SMILES string of the molecule is Cc1ccc(Cl)cc1C(=O)C(C#N)c1cccc(Cl)c1. The first-order valence-corrected chi connectivity index (χ1v) is 6.74. The Labute approximate surface area is 127 Å². The molecule has 0 saturated carbocycles. The molecule has 0 aromatic heterocycles. The molecule has 0 spiro atoms. The molecule has 0 bridgehead atoms. The molecule has 0 aliphatic carbocycles. The van der Waals surface area contributed by atoms with Gasteiger partial charge >= 0.3 is 0 Å². The quantitative estimate of drug-likeness (QED) is 0.765. The van der Waals surface area contributed by atoms with E-state index in [9.17, 15) is 10.1 Å². The van der Waals surface area contributed by atoms with Crippen LogP contribution in [0.4, 0.5) is 0 Å². The zero-order valence-electron chi connectivity index (χ0n) is 10.7. The highest BCUT2D eigenvalue weighted by Crippen LogP contribution is 2.26. The zero-order valence-corrected chi connectivity index (χ0v) is 12.2. The molecule has 1 atom stereocenters. The maximum Gasteiger partial charge on any atom is 0.184 e. The van der Waals surface area contributed by atoms with E-state index in [0.717, 1.165) is 5.56 Å². The summed E-state index contributed by atoms with van der Waals surface area (Å²) in [6.45, 7) is 1.82. The van der Waals surface area contributed by atoms with Gasteiger partial charge in [-0.25, -0.2) is 0 Å². The van der Waals surface area contributed by atoms with E-state index in [4.69, 9.17) is 23.2 Å². The second kappa shape index (κ2) is 6.09. The molecule has 0 N–H and O–H groups in total.